The average Bonchev–Trinajstić information content (AvgIpc) is 3.62. The molecule has 2 aliphatic rings. The maximum atomic E-state index is 4.59. The second-order valence-corrected chi connectivity index (χ2v) is 13.1. The Labute approximate surface area is 220 Å². The highest BCUT2D eigenvalue weighted by molar-refractivity contribution is 7.13. The molecule has 0 bridgehead atoms. The molecule has 0 saturated heterocycles. The highest BCUT2D eigenvalue weighted by atomic mass is 32.1. The molecule has 0 spiro atoms. The zero-order valence-electron chi connectivity index (χ0n) is 21.5. The number of aryl methyl sites for hydroxylation is 2. The van der Waals surface area contributed by atoms with Gasteiger partial charge in [-0.25, -0.2) is 9.97 Å². The van der Waals surface area contributed by atoms with E-state index in [-0.39, 0.29) is 10.8 Å². The van der Waals surface area contributed by atoms with Gasteiger partial charge in [0.1, 0.15) is 10.0 Å². The lowest BCUT2D eigenvalue weighted by Gasteiger charge is -2.24. The van der Waals surface area contributed by atoms with Crippen molar-refractivity contribution >= 4 is 22.7 Å². The van der Waals surface area contributed by atoms with Crippen molar-refractivity contribution in [1.82, 2.24) is 9.97 Å². The van der Waals surface area contributed by atoms with E-state index in [1.807, 2.05) is 12.4 Å². The molecule has 0 fully saturated rings. The number of aromatic nitrogens is 2. The van der Waals surface area contributed by atoms with Crippen LogP contribution in [0.1, 0.15) is 61.1 Å². The van der Waals surface area contributed by atoms with Crippen LogP contribution >= 0.6 is 22.7 Å². The van der Waals surface area contributed by atoms with Gasteiger partial charge in [-0.2, -0.15) is 0 Å². The standard InChI is InChI=1S/C32H28N2S2/c1-17-11-19(29-33-7-9-35-29)13-25-27(17)21-15-24-22(16-23(21)31(25,3)4)28-18(2)12-20(30-34-8-10-36-30)14-26(28)32(24,5)6/h7-16H,1-6H3. The minimum absolute atomic E-state index is 0.0701. The van der Waals surface area contributed by atoms with E-state index in [1.54, 1.807) is 22.7 Å². The molecule has 2 aromatic heterocycles. The van der Waals surface area contributed by atoms with Gasteiger partial charge >= 0.3 is 0 Å². The fraction of sp³-hybridized carbons (Fsp3) is 0.250. The van der Waals surface area contributed by atoms with Crippen LogP contribution in [-0.4, -0.2) is 9.97 Å². The minimum atomic E-state index is -0.0701. The number of nitrogens with zero attached hydrogens (tertiary/aromatic N) is 2. The SMILES string of the molecule is Cc1cc(-c2nccs2)cc2c1-c1cc3c(cc1C2(C)C)-c1c(C)cc(-c2nccs2)cc1C3(C)C. The van der Waals surface area contributed by atoms with Gasteiger partial charge < -0.3 is 0 Å². The van der Waals surface area contributed by atoms with E-state index in [1.165, 1.54) is 66.8 Å². The molecule has 0 radical (unpaired) electrons. The van der Waals surface area contributed by atoms with Crippen LogP contribution in [0.3, 0.4) is 0 Å². The van der Waals surface area contributed by atoms with Crippen LogP contribution in [0.4, 0.5) is 0 Å². The summed E-state index contributed by atoms with van der Waals surface area (Å²) in [6.45, 7) is 14.1. The molecule has 7 rings (SSSR count). The number of fused-ring (bicyclic) bond motifs is 6. The molecule has 36 heavy (non-hydrogen) atoms. The lowest BCUT2D eigenvalue weighted by Crippen LogP contribution is -2.17. The van der Waals surface area contributed by atoms with E-state index in [4.69, 9.17) is 0 Å². The molecular weight excluding hydrogens is 477 g/mol. The molecule has 0 atom stereocenters. The van der Waals surface area contributed by atoms with Crippen molar-refractivity contribution in [3.05, 3.63) is 92.9 Å². The first-order chi connectivity index (χ1) is 17.2. The Balaban J connectivity index is 1.46. The third kappa shape index (κ3) is 2.83. The van der Waals surface area contributed by atoms with E-state index in [2.05, 4.69) is 98.7 Å². The maximum absolute atomic E-state index is 4.59. The van der Waals surface area contributed by atoms with Crippen molar-refractivity contribution in [2.75, 3.05) is 0 Å². The van der Waals surface area contributed by atoms with Gasteiger partial charge in [-0.05, 0) is 106 Å². The molecule has 3 aromatic carbocycles. The van der Waals surface area contributed by atoms with Crippen molar-refractivity contribution in [3.8, 4) is 43.4 Å². The normalized spacial score (nSPS) is 15.9. The number of rotatable bonds is 2. The molecule has 2 aliphatic carbocycles. The van der Waals surface area contributed by atoms with Crippen molar-refractivity contribution < 1.29 is 0 Å². The third-order valence-electron chi connectivity index (χ3n) is 8.42. The second kappa shape index (κ2) is 7.24. The summed E-state index contributed by atoms with van der Waals surface area (Å²) in [6, 6.07) is 14.4. The number of benzene rings is 3. The molecule has 178 valence electrons. The summed E-state index contributed by atoms with van der Waals surface area (Å²) in [5.74, 6) is 0. The Bertz CT molecular complexity index is 1560. The zero-order chi connectivity index (χ0) is 25.0. The summed E-state index contributed by atoms with van der Waals surface area (Å²) in [5.41, 5.74) is 16.3. The Morgan fingerprint density at radius 3 is 1.33 bits per heavy atom. The van der Waals surface area contributed by atoms with Crippen LogP contribution in [-0.2, 0) is 10.8 Å². The van der Waals surface area contributed by atoms with E-state index < -0.39 is 0 Å². The number of hydrogen-bond acceptors (Lipinski definition) is 4. The Kier molecular flexibility index (Phi) is 4.45. The molecule has 0 amide bonds. The quantitative estimate of drug-likeness (QED) is 0.239. The Morgan fingerprint density at radius 1 is 0.556 bits per heavy atom. The Hall–Kier alpha value is -3.08. The van der Waals surface area contributed by atoms with E-state index >= 15 is 0 Å². The van der Waals surface area contributed by atoms with Gasteiger partial charge in [-0.1, -0.05) is 27.7 Å². The van der Waals surface area contributed by atoms with Crippen LogP contribution in [0.15, 0.2) is 59.6 Å². The molecule has 0 saturated carbocycles. The fourth-order valence-electron chi connectivity index (χ4n) is 6.59. The van der Waals surface area contributed by atoms with Crippen LogP contribution in [0, 0.1) is 13.8 Å². The Morgan fingerprint density at radius 2 is 0.972 bits per heavy atom. The average molecular weight is 505 g/mol. The maximum Gasteiger partial charge on any atom is 0.123 e. The second-order valence-electron chi connectivity index (χ2n) is 11.3. The van der Waals surface area contributed by atoms with Crippen LogP contribution in [0.2, 0.25) is 0 Å². The van der Waals surface area contributed by atoms with Crippen LogP contribution in [0.25, 0.3) is 43.4 Å². The first kappa shape index (κ1) is 22.1. The summed E-state index contributed by atoms with van der Waals surface area (Å²) in [4.78, 5) is 9.19. The molecule has 0 unspecified atom stereocenters. The van der Waals surface area contributed by atoms with Crippen LogP contribution < -0.4 is 0 Å². The highest BCUT2D eigenvalue weighted by Crippen LogP contribution is 2.58. The molecular formula is C32H28N2S2. The largest absolute Gasteiger partial charge is 0.245 e. The molecule has 2 heterocycles. The first-order valence-electron chi connectivity index (χ1n) is 12.5. The highest BCUT2D eigenvalue weighted by Gasteiger charge is 2.43. The monoisotopic (exact) mass is 504 g/mol. The van der Waals surface area contributed by atoms with Gasteiger partial charge in [0.05, 0.1) is 0 Å². The summed E-state index contributed by atoms with van der Waals surface area (Å²) in [6.07, 6.45) is 3.80. The fourth-order valence-corrected chi connectivity index (χ4v) is 7.84. The summed E-state index contributed by atoms with van der Waals surface area (Å²) >= 11 is 3.42. The van der Waals surface area contributed by atoms with E-state index in [0.29, 0.717) is 0 Å². The molecule has 0 aliphatic heterocycles. The lowest BCUT2D eigenvalue weighted by molar-refractivity contribution is 0.652. The summed E-state index contributed by atoms with van der Waals surface area (Å²) in [7, 11) is 0. The molecule has 2 nitrogen and oxygen atoms in total. The smallest absolute Gasteiger partial charge is 0.123 e. The third-order valence-corrected chi connectivity index (χ3v) is 10.1. The van der Waals surface area contributed by atoms with Gasteiger partial charge in [-0.3, -0.25) is 0 Å². The van der Waals surface area contributed by atoms with Gasteiger partial charge in [0.2, 0.25) is 0 Å². The summed E-state index contributed by atoms with van der Waals surface area (Å²) < 4.78 is 0. The van der Waals surface area contributed by atoms with Gasteiger partial charge in [0.25, 0.3) is 0 Å². The zero-order valence-corrected chi connectivity index (χ0v) is 23.1. The first-order valence-corrected chi connectivity index (χ1v) is 14.2. The molecule has 0 N–H and O–H groups in total. The van der Waals surface area contributed by atoms with Crippen molar-refractivity contribution in [2.45, 2.75) is 52.4 Å². The van der Waals surface area contributed by atoms with Crippen molar-refractivity contribution in [3.63, 3.8) is 0 Å². The predicted octanol–water partition coefficient (Wildman–Crippen LogP) is 9.16. The molecule has 5 aromatic rings. The van der Waals surface area contributed by atoms with Gasteiger partial charge in [-0.15, -0.1) is 22.7 Å². The van der Waals surface area contributed by atoms with Crippen LogP contribution in [0.5, 0.6) is 0 Å². The number of hydrogen-bond donors (Lipinski definition) is 0. The van der Waals surface area contributed by atoms with Gasteiger partial charge in [0, 0.05) is 45.1 Å². The predicted molar refractivity (Wildman–Crippen MR) is 153 cm³/mol. The van der Waals surface area contributed by atoms with Crippen molar-refractivity contribution in [1.29, 1.82) is 0 Å². The van der Waals surface area contributed by atoms with Crippen molar-refractivity contribution in [2.24, 2.45) is 0 Å². The summed E-state index contributed by atoms with van der Waals surface area (Å²) in [5, 5.41) is 6.31. The van der Waals surface area contributed by atoms with Gasteiger partial charge in [0.15, 0.2) is 0 Å². The lowest BCUT2D eigenvalue weighted by atomic mass is 9.79. The number of thiazole rings is 2. The van der Waals surface area contributed by atoms with E-state index in [0.717, 1.165) is 10.0 Å². The van der Waals surface area contributed by atoms with E-state index in [9.17, 15) is 0 Å². The minimum Gasteiger partial charge on any atom is -0.245 e. The topological polar surface area (TPSA) is 25.8 Å². The molecule has 4 heteroatoms.